The summed E-state index contributed by atoms with van der Waals surface area (Å²) in [6, 6.07) is 4.94. The smallest absolute Gasteiger partial charge is 0.319 e. The average Bonchev–Trinajstić information content (AvgIpc) is 2.52. The highest BCUT2D eigenvalue weighted by Gasteiger charge is 2.31. The van der Waals surface area contributed by atoms with Gasteiger partial charge in [0.25, 0.3) is 5.91 Å². The van der Waals surface area contributed by atoms with Crippen LogP contribution in [0, 0.1) is 5.92 Å². The Balaban J connectivity index is 2.41. The topological polar surface area (TPSA) is 73.9 Å². The van der Waals surface area contributed by atoms with Crippen LogP contribution in [0.2, 0.25) is 0 Å². The Bertz CT molecular complexity index is 660. The van der Waals surface area contributed by atoms with Crippen molar-refractivity contribution in [3.05, 3.63) is 23.8 Å². The lowest BCUT2D eigenvalue weighted by Gasteiger charge is -2.34. The molecule has 2 rings (SSSR count). The number of hydrogen-bond acceptors (Lipinski definition) is 4. The lowest BCUT2D eigenvalue weighted by Crippen LogP contribution is -2.44. The van der Waals surface area contributed by atoms with Gasteiger partial charge in [-0.1, -0.05) is 13.0 Å². The Morgan fingerprint density at radius 3 is 2.69 bits per heavy atom. The van der Waals surface area contributed by atoms with Crippen LogP contribution in [0.25, 0.3) is 0 Å². The van der Waals surface area contributed by atoms with E-state index in [2.05, 4.69) is 22.5 Å². The van der Waals surface area contributed by atoms with Gasteiger partial charge in [-0.15, -0.1) is 0 Å². The Morgan fingerprint density at radius 1 is 1.38 bits per heavy atom. The van der Waals surface area contributed by atoms with Crippen LogP contribution in [0.3, 0.4) is 0 Å². The molecule has 0 aromatic heterocycles. The van der Waals surface area contributed by atoms with Crippen molar-refractivity contribution >= 4 is 17.6 Å². The number of amides is 3. The fraction of sp³-hybridized carbons (Fsp3) is 0.579. The van der Waals surface area contributed by atoms with Gasteiger partial charge in [0.05, 0.1) is 11.3 Å². The zero-order chi connectivity index (χ0) is 19.4. The van der Waals surface area contributed by atoms with Gasteiger partial charge >= 0.3 is 6.03 Å². The van der Waals surface area contributed by atoms with Gasteiger partial charge in [0.15, 0.2) is 5.75 Å². The first-order valence-corrected chi connectivity index (χ1v) is 8.96. The van der Waals surface area contributed by atoms with E-state index >= 15 is 0 Å². The van der Waals surface area contributed by atoms with Gasteiger partial charge in [0, 0.05) is 32.1 Å². The van der Waals surface area contributed by atoms with Crippen molar-refractivity contribution < 1.29 is 14.3 Å². The number of benzene rings is 1. The number of fused-ring (bicyclic) bond motifs is 1. The number of anilines is 1. The second-order valence-corrected chi connectivity index (χ2v) is 7.52. The van der Waals surface area contributed by atoms with Crippen LogP contribution < -0.4 is 15.4 Å². The highest BCUT2D eigenvalue weighted by molar-refractivity contribution is 6.01. The standard InChI is InChI=1S/C19H30N4O3/c1-12(2)20-19(25)21-15-9-7-8-14-17(15)26-16(11-22(4)5)13(3)10-23(6)18(14)24/h7-9,12-13,16H,10-11H2,1-6H3,(H2,20,21,25)/t13-,16-/m0/s1. The summed E-state index contributed by atoms with van der Waals surface area (Å²) in [5.41, 5.74) is 0.964. The SMILES string of the molecule is CC(C)NC(=O)Nc1cccc2c1O[C@@H](CN(C)C)[C@@H](C)CN(C)C2=O. The third-order valence-electron chi connectivity index (χ3n) is 4.27. The summed E-state index contributed by atoms with van der Waals surface area (Å²) in [4.78, 5) is 28.7. The number of carbonyl (C=O) groups excluding carboxylic acids is 2. The van der Waals surface area contributed by atoms with E-state index in [9.17, 15) is 9.59 Å². The minimum absolute atomic E-state index is 0.00992. The van der Waals surface area contributed by atoms with Crippen molar-refractivity contribution in [1.82, 2.24) is 15.1 Å². The van der Waals surface area contributed by atoms with E-state index in [1.807, 2.05) is 27.9 Å². The number of nitrogens with one attached hydrogen (secondary N) is 2. The lowest BCUT2D eigenvalue weighted by atomic mass is 10.0. The van der Waals surface area contributed by atoms with Gasteiger partial charge in [-0.2, -0.15) is 0 Å². The van der Waals surface area contributed by atoms with Crippen molar-refractivity contribution in [3.63, 3.8) is 0 Å². The second-order valence-electron chi connectivity index (χ2n) is 7.52. The number of hydrogen-bond donors (Lipinski definition) is 2. The van der Waals surface area contributed by atoms with Gasteiger partial charge in [0.1, 0.15) is 6.10 Å². The van der Waals surface area contributed by atoms with E-state index in [1.54, 1.807) is 30.1 Å². The summed E-state index contributed by atoms with van der Waals surface area (Å²) >= 11 is 0. The number of urea groups is 1. The minimum Gasteiger partial charge on any atom is -0.486 e. The van der Waals surface area contributed by atoms with Crippen molar-refractivity contribution in [1.29, 1.82) is 0 Å². The molecule has 0 fully saturated rings. The summed E-state index contributed by atoms with van der Waals surface area (Å²) in [6.07, 6.45) is -0.101. The molecule has 0 spiro atoms. The van der Waals surface area contributed by atoms with Crippen molar-refractivity contribution in [3.8, 4) is 5.75 Å². The fourth-order valence-electron chi connectivity index (χ4n) is 3.03. The average molecular weight is 362 g/mol. The maximum absolute atomic E-state index is 12.8. The molecule has 1 aliphatic rings. The Labute approximate surface area is 155 Å². The summed E-state index contributed by atoms with van der Waals surface area (Å²) in [5.74, 6) is 0.474. The number of ether oxygens (including phenoxy) is 1. The normalized spacial score (nSPS) is 20.3. The quantitative estimate of drug-likeness (QED) is 0.862. The van der Waals surface area contributed by atoms with Crippen LogP contribution in [0.5, 0.6) is 5.75 Å². The molecule has 1 aromatic carbocycles. The van der Waals surface area contributed by atoms with E-state index in [0.29, 0.717) is 23.5 Å². The summed E-state index contributed by atoms with van der Waals surface area (Å²) in [6.45, 7) is 7.18. The van der Waals surface area contributed by atoms with Gasteiger partial charge in [-0.3, -0.25) is 4.79 Å². The largest absolute Gasteiger partial charge is 0.486 e. The summed E-state index contributed by atoms with van der Waals surface area (Å²) in [5, 5.41) is 5.60. The number of likely N-dealkylation sites (N-methyl/N-ethyl adjacent to an activating group) is 1. The molecule has 1 aliphatic heterocycles. The molecule has 2 N–H and O–H groups in total. The van der Waals surface area contributed by atoms with E-state index < -0.39 is 0 Å². The fourth-order valence-corrected chi connectivity index (χ4v) is 3.03. The summed E-state index contributed by atoms with van der Waals surface area (Å²) in [7, 11) is 5.78. The third-order valence-corrected chi connectivity index (χ3v) is 4.27. The van der Waals surface area contributed by atoms with Crippen LogP contribution in [-0.4, -0.2) is 68.1 Å². The van der Waals surface area contributed by atoms with Crippen LogP contribution in [0.15, 0.2) is 18.2 Å². The second kappa shape index (κ2) is 8.40. The Morgan fingerprint density at radius 2 is 2.08 bits per heavy atom. The third kappa shape index (κ3) is 4.88. The molecular weight excluding hydrogens is 332 g/mol. The molecule has 1 heterocycles. The number of nitrogens with zero attached hydrogens (tertiary/aromatic N) is 2. The lowest BCUT2D eigenvalue weighted by molar-refractivity contribution is 0.0578. The molecule has 0 saturated carbocycles. The molecule has 0 aliphatic carbocycles. The van der Waals surface area contributed by atoms with Crippen molar-refractivity contribution in [2.45, 2.75) is 32.9 Å². The Kier molecular flexibility index (Phi) is 6.47. The van der Waals surface area contributed by atoms with Gasteiger partial charge in [-0.05, 0) is 40.1 Å². The van der Waals surface area contributed by atoms with E-state index in [4.69, 9.17) is 4.74 Å². The monoisotopic (exact) mass is 362 g/mol. The van der Waals surface area contributed by atoms with E-state index in [-0.39, 0.29) is 30.0 Å². The van der Waals surface area contributed by atoms with Gasteiger partial charge < -0.3 is 25.2 Å². The molecule has 1 aromatic rings. The van der Waals surface area contributed by atoms with Crippen LogP contribution in [0.4, 0.5) is 10.5 Å². The highest BCUT2D eigenvalue weighted by atomic mass is 16.5. The molecular formula is C19H30N4O3. The predicted octanol–water partition coefficient (Wildman–Crippen LogP) is 2.25. The van der Waals surface area contributed by atoms with Gasteiger partial charge in [0.2, 0.25) is 0 Å². The van der Waals surface area contributed by atoms with Crippen molar-refractivity contribution in [2.75, 3.05) is 39.5 Å². The van der Waals surface area contributed by atoms with Crippen LogP contribution in [0.1, 0.15) is 31.1 Å². The Hall–Kier alpha value is -2.28. The molecule has 26 heavy (non-hydrogen) atoms. The predicted molar refractivity (Wildman–Crippen MR) is 103 cm³/mol. The van der Waals surface area contributed by atoms with E-state index in [1.165, 1.54) is 0 Å². The van der Waals surface area contributed by atoms with Crippen LogP contribution in [-0.2, 0) is 0 Å². The minimum atomic E-state index is -0.322. The maximum atomic E-state index is 12.8. The molecule has 0 bridgehead atoms. The zero-order valence-electron chi connectivity index (χ0n) is 16.5. The van der Waals surface area contributed by atoms with Crippen molar-refractivity contribution in [2.24, 2.45) is 5.92 Å². The first-order valence-electron chi connectivity index (χ1n) is 8.96. The highest BCUT2D eigenvalue weighted by Crippen LogP contribution is 2.34. The summed E-state index contributed by atoms with van der Waals surface area (Å²) < 4.78 is 6.28. The number of rotatable bonds is 4. The molecule has 0 radical (unpaired) electrons. The van der Waals surface area contributed by atoms with E-state index in [0.717, 1.165) is 6.54 Å². The number of para-hydroxylation sites is 1. The maximum Gasteiger partial charge on any atom is 0.319 e. The zero-order valence-corrected chi connectivity index (χ0v) is 16.5. The molecule has 3 amide bonds. The first-order chi connectivity index (χ1) is 12.2. The van der Waals surface area contributed by atoms with Crippen LogP contribution >= 0.6 is 0 Å². The molecule has 0 unspecified atom stereocenters. The molecule has 7 heteroatoms. The molecule has 2 atom stereocenters. The number of carbonyl (C=O) groups is 2. The molecule has 144 valence electrons. The first kappa shape index (κ1) is 20.0. The molecule has 0 saturated heterocycles. The molecule has 7 nitrogen and oxygen atoms in total. The van der Waals surface area contributed by atoms with Gasteiger partial charge in [-0.25, -0.2) is 4.79 Å².